The van der Waals surface area contributed by atoms with Gasteiger partial charge < -0.3 is 10.2 Å². The number of hydrogen-bond donors (Lipinski definition) is 2. The molecule has 0 aliphatic heterocycles. The Morgan fingerprint density at radius 3 is 2.48 bits per heavy atom. The minimum Gasteiger partial charge on any atom is -0.504 e. The minimum atomic E-state index is -0.645. The second-order valence-electron chi connectivity index (χ2n) is 7.99. The lowest BCUT2D eigenvalue weighted by Crippen LogP contribution is -2.24. The molecule has 0 spiro atoms. The number of phenols is 2. The van der Waals surface area contributed by atoms with Crippen LogP contribution in [0.1, 0.15) is 64.1 Å². The van der Waals surface area contributed by atoms with E-state index in [4.69, 9.17) is 4.99 Å². The van der Waals surface area contributed by atoms with Crippen LogP contribution >= 0.6 is 11.3 Å². The Labute approximate surface area is 162 Å². The lowest BCUT2D eigenvalue weighted by atomic mass is 9.93. The van der Waals surface area contributed by atoms with Crippen molar-refractivity contribution in [1.82, 2.24) is 4.68 Å². The van der Waals surface area contributed by atoms with Gasteiger partial charge in [0, 0.05) is 22.4 Å². The third kappa shape index (κ3) is 4.58. The number of rotatable bonds is 3. The van der Waals surface area contributed by atoms with Gasteiger partial charge in [-0.1, -0.05) is 40.0 Å². The van der Waals surface area contributed by atoms with E-state index in [2.05, 4.69) is 25.9 Å². The van der Waals surface area contributed by atoms with Crippen molar-refractivity contribution in [2.75, 3.05) is 0 Å². The van der Waals surface area contributed by atoms with Gasteiger partial charge in [0.15, 0.2) is 11.5 Å². The molecule has 3 rings (SSSR count). The second kappa shape index (κ2) is 7.84. The molecule has 0 atom stereocenters. The Bertz CT molecular complexity index is 903. The SMILES string of the molecule is CC(C)(C)c1cs/c(=N\C2CCCCC2)n1/N=C/c1cc(O)c(O)cc1F. The number of hydrogen-bond acceptors (Lipinski definition) is 5. The van der Waals surface area contributed by atoms with Crippen molar-refractivity contribution in [2.45, 2.75) is 64.3 Å². The van der Waals surface area contributed by atoms with Gasteiger partial charge in [-0.05, 0) is 18.9 Å². The largest absolute Gasteiger partial charge is 0.504 e. The predicted molar refractivity (Wildman–Crippen MR) is 106 cm³/mol. The fourth-order valence-corrected chi connectivity index (χ4v) is 4.28. The predicted octanol–water partition coefficient (Wildman–Crippen LogP) is 4.51. The summed E-state index contributed by atoms with van der Waals surface area (Å²) >= 11 is 1.54. The molecule has 1 aliphatic carbocycles. The number of thiazole rings is 1. The van der Waals surface area contributed by atoms with Crippen LogP contribution < -0.4 is 4.80 Å². The van der Waals surface area contributed by atoms with Gasteiger partial charge in [0.1, 0.15) is 5.82 Å². The second-order valence-corrected chi connectivity index (χ2v) is 8.83. The summed E-state index contributed by atoms with van der Waals surface area (Å²) in [5, 5.41) is 25.6. The van der Waals surface area contributed by atoms with Crippen LogP contribution in [0.3, 0.4) is 0 Å². The highest BCUT2D eigenvalue weighted by atomic mass is 32.1. The van der Waals surface area contributed by atoms with Gasteiger partial charge in [0.2, 0.25) is 4.80 Å². The summed E-state index contributed by atoms with van der Waals surface area (Å²) in [4.78, 5) is 5.70. The first-order chi connectivity index (χ1) is 12.8. The van der Waals surface area contributed by atoms with E-state index in [0.29, 0.717) is 6.04 Å². The molecule has 0 amide bonds. The van der Waals surface area contributed by atoms with Crippen LogP contribution in [0.4, 0.5) is 4.39 Å². The molecular weight excluding hydrogens is 365 g/mol. The summed E-state index contributed by atoms with van der Waals surface area (Å²) in [6.45, 7) is 6.29. The van der Waals surface area contributed by atoms with Gasteiger partial charge in [-0.15, -0.1) is 11.3 Å². The summed E-state index contributed by atoms with van der Waals surface area (Å²) in [5.74, 6) is -1.51. The Morgan fingerprint density at radius 1 is 1.15 bits per heavy atom. The van der Waals surface area contributed by atoms with Crippen molar-refractivity contribution in [1.29, 1.82) is 0 Å². The van der Waals surface area contributed by atoms with E-state index in [0.717, 1.165) is 35.5 Å². The highest BCUT2D eigenvalue weighted by molar-refractivity contribution is 7.07. The molecule has 27 heavy (non-hydrogen) atoms. The smallest absolute Gasteiger partial charge is 0.206 e. The topological polar surface area (TPSA) is 70.1 Å². The third-order valence-electron chi connectivity index (χ3n) is 4.73. The number of halogens is 1. The Balaban J connectivity index is 2.03. The molecule has 1 aromatic carbocycles. The molecule has 7 heteroatoms. The molecule has 1 fully saturated rings. The fourth-order valence-electron chi connectivity index (χ4n) is 3.16. The zero-order valence-corrected chi connectivity index (χ0v) is 16.8. The highest BCUT2D eigenvalue weighted by Crippen LogP contribution is 2.27. The van der Waals surface area contributed by atoms with E-state index >= 15 is 0 Å². The lowest BCUT2D eigenvalue weighted by Gasteiger charge is -2.19. The number of phenolic OH excluding ortho intramolecular Hbond substituents is 2. The van der Waals surface area contributed by atoms with Crippen molar-refractivity contribution < 1.29 is 14.6 Å². The van der Waals surface area contributed by atoms with E-state index < -0.39 is 11.6 Å². The molecule has 1 aromatic heterocycles. The third-order valence-corrected chi connectivity index (χ3v) is 5.56. The van der Waals surface area contributed by atoms with E-state index in [-0.39, 0.29) is 16.7 Å². The molecular formula is C20H26FN3O2S. The van der Waals surface area contributed by atoms with Crippen LogP contribution in [0, 0.1) is 5.82 Å². The zero-order valence-electron chi connectivity index (χ0n) is 15.9. The van der Waals surface area contributed by atoms with E-state index in [1.165, 1.54) is 25.5 Å². The highest BCUT2D eigenvalue weighted by Gasteiger charge is 2.21. The van der Waals surface area contributed by atoms with Crippen LogP contribution in [0.5, 0.6) is 11.5 Å². The van der Waals surface area contributed by atoms with Crippen LogP contribution in [0.2, 0.25) is 0 Å². The first kappa shape index (κ1) is 19.6. The fraction of sp³-hybridized carbons (Fsp3) is 0.500. The van der Waals surface area contributed by atoms with E-state index in [1.54, 1.807) is 16.0 Å². The molecule has 5 nitrogen and oxygen atoms in total. The van der Waals surface area contributed by atoms with Crippen LogP contribution in [-0.2, 0) is 5.41 Å². The first-order valence-electron chi connectivity index (χ1n) is 9.26. The molecule has 0 unspecified atom stereocenters. The maximum Gasteiger partial charge on any atom is 0.206 e. The van der Waals surface area contributed by atoms with Crippen LogP contribution in [0.15, 0.2) is 27.6 Å². The molecule has 0 saturated heterocycles. The number of aromatic nitrogens is 1. The number of benzene rings is 1. The van der Waals surface area contributed by atoms with Crippen LogP contribution in [0.25, 0.3) is 0 Å². The van der Waals surface area contributed by atoms with E-state index in [9.17, 15) is 14.6 Å². The summed E-state index contributed by atoms with van der Waals surface area (Å²) in [6, 6.07) is 2.35. The quantitative estimate of drug-likeness (QED) is 0.597. The van der Waals surface area contributed by atoms with Crippen molar-refractivity contribution in [3.05, 3.63) is 39.4 Å². The molecule has 1 saturated carbocycles. The average Bonchev–Trinajstić information content (AvgIpc) is 3.01. The summed E-state index contributed by atoms with van der Waals surface area (Å²) in [6.07, 6.45) is 7.21. The average molecular weight is 392 g/mol. The van der Waals surface area contributed by atoms with Gasteiger partial charge in [0.25, 0.3) is 0 Å². The van der Waals surface area contributed by atoms with Crippen molar-refractivity contribution >= 4 is 17.6 Å². The van der Waals surface area contributed by atoms with Gasteiger partial charge in [-0.2, -0.15) is 5.10 Å². The number of aromatic hydroxyl groups is 2. The first-order valence-corrected chi connectivity index (χ1v) is 10.1. The van der Waals surface area contributed by atoms with Crippen molar-refractivity contribution in [3.8, 4) is 11.5 Å². The van der Waals surface area contributed by atoms with Crippen LogP contribution in [-0.4, -0.2) is 27.1 Å². The molecule has 2 N–H and O–H groups in total. The van der Waals surface area contributed by atoms with Gasteiger partial charge in [-0.3, -0.25) is 4.99 Å². The number of nitrogens with zero attached hydrogens (tertiary/aromatic N) is 3. The standard InChI is InChI=1S/C20H26FN3O2S/c1-20(2,3)18-12-27-19(23-14-7-5-4-6-8-14)24(18)22-11-13-9-16(25)17(26)10-15(13)21/h9-12,14,25-26H,4-8H2,1-3H3/b22-11+,23-19-. The summed E-state index contributed by atoms with van der Waals surface area (Å²) < 4.78 is 15.8. The molecule has 0 bridgehead atoms. The van der Waals surface area contributed by atoms with Gasteiger partial charge in [-0.25, -0.2) is 9.07 Å². The molecule has 146 valence electrons. The van der Waals surface area contributed by atoms with Crippen molar-refractivity contribution in [3.63, 3.8) is 0 Å². The lowest BCUT2D eigenvalue weighted by molar-refractivity contribution is 0.399. The van der Waals surface area contributed by atoms with Crippen molar-refractivity contribution in [2.24, 2.45) is 10.1 Å². The zero-order chi connectivity index (χ0) is 19.6. The van der Waals surface area contributed by atoms with Gasteiger partial charge >= 0.3 is 0 Å². The maximum atomic E-state index is 14.1. The summed E-state index contributed by atoms with van der Waals surface area (Å²) in [5.41, 5.74) is 0.943. The van der Waals surface area contributed by atoms with E-state index in [1.807, 2.05) is 5.38 Å². The normalized spacial score (nSPS) is 17.1. The van der Waals surface area contributed by atoms with Gasteiger partial charge in [0.05, 0.1) is 18.0 Å². The molecule has 0 radical (unpaired) electrons. The molecule has 1 aliphatic rings. The Hall–Kier alpha value is -2.15. The Morgan fingerprint density at radius 2 is 1.81 bits per heavy atom. The molecule has 1 heterocycles. The molecule has 2 aromatic rings. The Kier molecular flexibility index (Phi) is 5.69. The maximum absolute atomic E-state index is 14.1. The monoisotopic (exact) mass is 391 g/mol. The summed E-state index contributed by atoms with van der Waals surface area (Å²) in [7, 11) is 0. The minimum absolute atomic E-state index is 0.104.